The van der Waals surface area contributed by atoms with E-state index in [1.54, 1.807) is 6.07 Å². The maximum atomic E-state index is 13.3. The molecule has 0 aromatic heterocycles. The van der Waals surface area contributed by atoms with Crippen molar-refractivity contribution in [2.45, 2.75) is 45.3 Å². The number of hydrogen-bond acceptors (Lipinski definition) is 4. The first-order valence-electron chi connectivity index (χ1n) is 10.2. The average Bonchev–Trinajstić information content (AvgIpc) is 3.43. The van der Waals surface area contributed by atoms with E-state index < -0.39 is 11.7 Å². The Morgan fingerprint density at radius 2 is 1.77 bits per heavy atom. The van der Waals surface area contributed by atoms with Gasteiger partial charge in [0.25, 0.3) is 0 Å². The van der Waals surface area contributed by atoms with Gasteiger partial charge in [-0.05, 0) is 59.7 Å². The highest BCUT2D eigenvalue weighted by atomic mass is 19.3. The van der Waals surface area contributed by atoms with Gasteiger partial charge >= 0.3 is 6.29 Å². The van der Waals surface area contributed by atoms with Crippen molar-refractivity contribution >= 4 is 23.4 Å². The first-order valence-corrected chi connectivity index (χ1v) is 10.2. The Morgan fingerprint density at radius 1 is 1.06 bits per heavy atom. The van der Waals surface area contributed by atoms with Crippen LogP contribution in [0, 0.1) is 5.41 Å². The van der Waals surface area contributed by atoms with Crippen LogP contribution in [0.25, 0.3) is 6.08 Å². The number of carbonyl (C=O) groups excluding carboxylic acids is 1. The molecule has 1 heterocycles. The molecule has 5 nitrogen and oxygen atoms in total. The molecular formula is C24H26F2N2O3. The van der Waals surface area contributed by atoms with Gasteiger partial charge in [-0.25, -0.2) is 0 Å². The molecule has 0 saturated heterocycles. The molecule has 0 radical (unpaired) electrons. The van der Waals surface area contributed by atoms with Gasteiger partial charge in [0.2, 0.25) is 5.91 Å². The summed E-state index contributed by atoms with van der Waals surface area (Å²) in [5, 5.41) is 6.16. The van der Waals surface area contributed by atoms with Crippen LogP contribution in [0.15, 0.2) is 42.5 Å². The monoisotopic (exact) mass is 428 g/mol. The van der Waals surface area contributed by atoms with E-state index >= 15 is 0 Å². The number of allylic oxidation sites excluding steroid dienone is 1. The number of nitrogens with one attached hydrogen (secondary N) is 2. The molecule has 1 amide bonds. The topological polar surface area (TPSA) is 59.6 Å². The molecule has 2 N–H and O–H groups in total. The molecule has 2 aromatic carbocycles. The van der Waals surface area contributed by atoms with Crippen LogP contribution in [0.1, 0.15) is 44.7 Å². The molecule has 1 aliphatic heterocycles. The van der Waals surface area contributed by atoms with Crippen LogP contribution < -0.4 is 20.1 Å². The number of anilines is 2. The standard InChI is InChI=1S/C24H26F2N2O3/c1-22(2,3)10-9-15-13-17(6-7-18(15)27-4)28-21(29)23(11-12-23)16-5-8-19-20(14-16)31-24(25,26)30-19/h5-10,13-14,27H,11-12H2,1-4H3,(H,28,29)/b10-9+. The van der Waals surface area contributed by atoms with E-state index in [2.05, 4.69) is 47.0 Å². The first-order chi connectivity index (χ1) is 14.5. The van der Waals surface area contributed by atoms with Gasteiger partial charge in [-0.1, -0.05) is 39.0 Å². The maximum absolute atomic E-state index is 13.3. The molecule has 1 aliphatic carbocycles. The zero-order valence-corrected chi connectivity index (χ0v) is 18.0. The lowest BCUT2D eigenvalue weighted by molar-refractivity contribution is -0.286. The minimum atomic E-state index is -3.67. The number of benzene rings is 2. The molecule has 0 spiro atoms. The van der Waals surface area contributed by atoms with Gasteiger partial charge in [0.15, 0.2) is 11.5 Å². The summed E-state index contributed by atoms with van der Waals surface area (Å²) in [6, 6.07) is 10.2. The Morgan fingerprint density at radius 3 is 2.42 bits per heavy atom. The van der Waals surface area contributed by atoms with Crippen molar-refractivity contribution in [2.24, 2.45) is 5.41 Å². The lowest BCUT2D eigenvalue weighted by atomic mass is 9.94. The third-order valence-electron chi connectivity index (χ3n) is 5.48. The van der Waals surface area contributed by atoms with Gasteiger partial charge in [-0.2, -0.15) is 0 Å². The molecule has 0 unspecified atom stereocenters. The molecule has 2 aliphatic rings. The van der Waals surface area contributed by atoms with E-state index in [0.29, 0.717) is 24.1 Å². The average molecular weight is 428 g/mol. The summed E-state index contributed by atoms with van der Waals surface area (Å²) < 4.78 is 35.7. The van der Waals surface area contributed by atoms with Crippen molar-refractivity contribution in [3.63, 3.8) is 0 Å². The molecule has 0 bridgehead atoms. The second kappa shape index (κ2) is 7.25. The molecular weight excluding hydrogens is 402 g/mol. The van der Waals surface area contributed by atoms with Gasteiger partial charge in [0.1, 0.15) is 0 Å². The summed E-state index contributed by atoms with van der Waals surface area (Å²) >= 11 is 0. The van der Waals surface area contributed by atoms with Crippen molar-refractivity contribution in [3.8, 4) is 11.5 Å². The fourth-order valence-electron chi connectivity index (χ4n) is 3.62. The summed E-state index contributed by atoms with van der Waals surface area (Å²) in [5.74, 6) is -0.237. The van der Waals surface area contributed by atoms with Crippen LogP contribution in [0.5, 0.6) is 11.5 Å². The second-order valence-corrected chi connectivity index (χ2v) is 9.12. The third kappa shape index (κ3) is 4.36. The molecule has 7 heteroatoms. The van der Waals surface area contributed by atoms with Crippen LogP contribution in [0.2, 0.25) is 0 Å². The van der Waals surface area contributed by atoms with Gasteiger partial charge in [0.05, 0.1) is 5.41 Å². The highest BCUT2D eigenvalue weighted by molar-refractivity contribution is 6.02. The highest BCUT2D eigenvalue weighted by Crippen LogP contribution is 2.52. The Kier molecular flexibility index (Phi) is 4.95. The number of ether oxygens (including phenoxy) is 2. The zero-order valence-electron chi connectivity index (χ0n) is 18.0. The number of fused-ring (bicyclic) bond motifs is 1. The smallest absolute Gasteiger partial charge is 0.395 e. The summed E-state index contributed by atoms with van der Waals surface area (Å²) in [4.78, 5) is 13.1. The SMILES string of the molecule is CNc1ccc(NC(=O)C2(c3ccc4c(c3)OC(F)(F)O4)CC2)cc1/C=C/C(C)(C)C. The van der Waals surface area contributed by atoms with Gasteiger partial charge in [-0.3, -0.25) is 4.79 Å². The Balaban J connectivity index is 1.56. The predicted octanol–water partition coefficient (Wildman–Crippen LogP) is 5.78. The Labute approximate surface area is 180 Å². The van der Waals surface area contributed by atoms with E-state index in [1.165, 1.54) is 12.1 Å². The molecule has 2 aromatic rings. The lowest BCUT2D eigenvalue weighted by Crippen LogP contribution is -2.28. The summed E-state index contributed by atoms with van der Waals surface area (Å²) in [7, 11) is 1.85. The summed E-state index contributed by atoms with van der Waals surface area (Å²) in [6.07, 6.45) is 1.75. The van der Waals surface area contributed by atoms with Crippen molar-refractivity contribution < 1.29 is 23.0 Å². The molecule has 31 heavy (non-hydrogen) atoms. The minimum absolute atomic E-state index is 0.0251. The lowest BCUT2D eigenvalue weighted by Gasteiger charge is -2.17. The molecule has 1 fully saturated rings. The summed E-state index contributed by atoms with van der Waals surface area (Å²) in [5.41, 5.74) is 2.51. The quantitative estimate of drug-likeness (QED) is 0.634. The number of halogens is 2. The number of rotatable bonds is 5. The van der Waals surface area contributed by atoms with Crippen LogP contribution in [-0.2, 0) is 10.2 Å². The predicted molar refractivity (Wildman–Crippen MR) is 117 cm³/mol. The maximum Gasteiger partial charge on any atom is 0.586 e. The van der Waals surface area contributed by atoms with Crippen LogP contribution in [0.3, 0.4) is 0 Å². The number of alkyl halides is 2. The van der Waals surface area contributed by atoms with Gasteiger partial charge in [0, 0.05) is 18.4 Å². The van der Waals surface area contributed by atoms with Crippen molar-refractivity contribution in [3.05, 3.63) is 53.6 Å². The van der Waals surface area contributed by atoms with Crippen LogP contribution >= 0.6 is 0 Å². The van der Waals surface area contributed by atoms with E-state index in [0.717, 1.165) is 11.3 Å². The van der Waals surface area contributed by atoms with Crippen molar-refractivity contribution in [1.82, 2.24) is 0 Å². The minimum Gasteiger partial charge on any atom is -0.395 e. The van der Waals surface area contributed by atoms with Crippen molar-refractivity contribution in [2.75, 3.05) is 17.7 Å². The fraction of sp³-hybridized carbons (Fsp3) is 0.375. The van der Waals surface area contributed by atoms with E-state index in [9.17, 15) is 13.6 Å². The number of carbonyl (C=O) groups is 1. The van der Waals surface area contributed by atoms with Crippen molar-refractivity contribution in [1.29, 1.82) is 0 Å². The van der Waals surface area contributed by atoms with Gasteiger partial charge in [-0.15, -0.1) is 8.78 Å². The zero-order chi connectivity index (χ0) is 22.4. The largest absolute Gasteiger partial charge is 0.586 e. The van der Waals surface area contributed by atoms with E-state index in [-0.39, 0.29) is 22.8 Å². The number of hydrogen-bond donors (Lipinski definition) is 2. The third-order valence-corrected chi connectivity index (χ3v) is 5.48. The molecule has 0 atom stereocenters. The first kappa shape index (κ1) is 21.2. The second-order valence-electron chi connectivity index (χ2n) is 9.12. The summed E-state index contributed by atoms with van der Waals surface area (Å²) in [6.45, 7) is 6.35. The van der Waals surface area contributed by atoms with Crippen LogP contribution in [0.4, 0.5) is 20.2 Å². The Bertz CT molecular complexity index is 1050. The number of amides is 1. The normalized spacial score (nSPS) is 18.1. The highest BCUT2D eigenvalue weighted by Gasteiger charge is 2.52. The fourth-order valence-corrected chi connectivity index (χ4v) is 3.62. The molecule has 164 valence electrons. The van der Waals surface area contributed by atoms with E-state index in [1.807, 2.05) is 31.3 Å². The molecule has 4 rings (SSSR count). The Hall–Kier alpha value is -3.09. The van der Waals surface area contributed by atoms with E-state index in [4.69, 9.17) is 0 Å². The van der Waals surface area contributed by atoms with Crippen LogP contribution in [-0.4, -0.2) is 19.2 Å². The molecule has 1 saturated carbocycles. The van der Waals surface area contributed by atoms with Gasteiger partial charge < -0.3 is 20.1 Å².